The first-order chi connectivity index (χ1) is 12.1. The van der Waals surface area contributed by atoms with Gasteiger partial charge in [0.1, 0.15) is 5.82 Å². The number of carbonyl (C=O) groups is 1. The fourth-order valence-corrected chi connectivity index (χ4v) is 3.62. The summed E-state index contributed by atoms with van der Waals surface area (Å²) < 4.78 is 40.2. The Morgan fingerprint density at radius 3 is 2.46 bits per heavy atom. The molecule has 2 aromatic carbocycles. The largest absolute Gasteiger partial charge is 0.347 e. The van der Waals surface area contributed by atoms with Crippen molar-refractivity contribution in [3.63, 3.8) is 0 Å². The Morgan fingerprint density at radius 1 is 1.27 bits per heavy atom. The number of benzene rings is 2. The average molecular weight is 462 g/mol. The van der Waals surface area contributed by atoms with E-state index in [1.54, 1.807) is 0 Å². The minimum Gasteiger partial charge on any atom is -0.347 e. The van der Waals surface area contributed by atoms with Crippen molar-refractivity contribution in [2.45, 2.75) is 4.90 Å². The van der Waals surface area contributed by atoms with E-state index in [0.29, 0.717) is 4.48 Å². The van der Waals surface area contributed by atoms with Gasteiger partial charge in [0, 0.05) is 18.1 Å². The van der Waals surface area contributed by atoms with E-state index in [9.17, 15) is 17.6 Å². The van der Waals surface area contributed by atoms with Gasteiger partial charge in [-0.25, -0.2) is 12.8 Å². The highest BCUT2D eigenvalue weighted by Crippen LogP contribution is 2.26. The van der Waals surface area contributed by atoms with E-state index in [1.165, 1.54) is 37.4 Å². The quantitative estimate of drug-likeness (QED) is 0.708. The molecule has 5 nitrogen and oxygen atoms in total. The number of nitrogens with one attached hydrogen (secondary N) is 1. The van der Waals surface area contributed by atoms with Gasteiger partial charge < -0.3 is 5.32 Å². The van der Waals surface area contributed by atoms with Gasteiger partial charge >= 0.3 is 0 Å². The molecule has 1 amide bonds. The van der Waals surface area contributed by atoms with Crippen LogP contribution in [-0.4, -0.2) is 27.9 Å². The van der Waals surface area contributed by atoms with Gasteiger partial charge in [0.2, 0.25) is 0 Å². The Morgan fingerprint density at radius 2 is 1.88 bits per heavy atom. The predicted octanol–water partition coefficient (Wildman–Crippen LogP) is 3.94. The third kappa shape index (κ3) is 4.63. The maximum absolute atomic E-state index is 13.0. The van der Waals surface area contributed by atoms with Crippen LogP contribution in [0.3, 0.4) is 0 Å². The number of hydrogen-bond acceptors (Lipinski definition) is 3. The number of rotatable bonds is 6. The molecule has 0 heterocycles. The van der Waals surface area contributed by atoms with Crippen LogP contribution in [0, 0.1) is 5.82 Å². The van der Waals surface area contributed by atoms with Gasteiger partial charge in [-0.3, -0.25) is 9.10 Å². The molecule has 138 valence electrons. The molecular weight excluding hydrogens is 447 g/mol. The summed E-state index contributed by atoms with van der Waals surface area (Å²) in [5.41, 5.74) is 0.303. The van der Waals surface area contributed by atoms with E-state index >= 15 is 0 Å². The number of halogens is 3. The molecule has 0 aromatic heterocycles. The summed E-state index contributed by atoms with van der Waals surface area (Å²) in [4.78, 5) is 12.1. The van der Waals surface area contributed by atoms with Crippen molar-refractivity contribution in [3.8, 4) is 0 Å². The Hall–Kier alpha value is -1.90. The van der Waals surface area contributed by atoms with Gasteiger partial charge in [-0.05, 0) is 42.5 Å². The second kappa shape index (κ2) is 8.20. The molecule has 0 bridgehead atoms. The second-order valence-electron chi connectivity index (χ2n) is 5.29. The normalized spacial score (nSPS) is 11.1. The Kier molecular flexibility index (Phi) is 6.44. The number of amides is 1. The molecule has 0 aliphatic heterocycles. The number of anilines is 1. The number of sulfonamides is 1. The van der Waals surface area contributed by atoms with Crippen molar-refractivity contribution in [2.24, 2.45) is 0 Å². The van der Waals surface area contributed by atoms with Crippen molar-refractivity contribution in [1.29, 1.82) is 0 Å². The van der Waals surface area contributed by atoms with Crippen molar-refractivity contribution < 1.29 is 17.6 Å². The zero-order valence-electron chi connectivity index (χ0n) is 13.7. The molecule has 1 N–H and O–H groups in total. The van der Waals surface area contributed by atoms with Crippen LogP contribution in [0.25, 0.3) is 0 Å². The molecule has 9 heteroatoms. The summed E-state index contributed by atoms with van der Waals surface area (Å²) in [6, 6.07) is 8.85. The second-order valence-corrected chi connectivity index (χ2v) is 8.79. The fourth-order valence-electron chi connectivity index (χ4n) is 2.06. The molecule has 2 aromatic rings. The van der Waals surface area contributed by atoms with Gasteiger partial charge in [-0.2, -0.15) is 0 Å². The summed E-state index contributed by atoms with van der Waals surface area (Å²) in [5, 5.41) is 2.68. The summed E-state index contributed by atoms with van der Waals surface area (Å²) in [5.74, 6) is -1.00. The van der Waals surface area contributed by atoms with E-state index < -0.39 is 21.7 Å². The minimum atomic E-state index is -3.96. The van der Waals surface area contributed by atoms with Crippen LogP contribution in [0.5, 0.6) is 0 Å². The van der Waals surface area contributed by atoms with Gasteiger partial charge in [0.25, 0.3) is 15.9 Å². The topological polar surface area (TPSA) is 66.5 Å². The highest BCUT2D eigenvalue weighted by atomic mass is 79.9. The Balaban J connectivity index is 2.37. The van der Waals surface area contributed by atoms with Gasteiger partial charge in [-0.1, -0.05) is 34.1 Å². The van der Waals surface area contributed by atoms with Crippen LogP contribution in [0.15, 0.2) is 58.4 Å². The van der Waals surface area contributed by atoms with Crippen molar-refractivity contribution in [1.82, 2.24) is 5.32 Å². The Bertz CT molecular complexity index is 949. The molecule has 0 saturated carbocycles. The van der Waals surface area contributed by atoms with Crippen molar-refractivity contribution in [2.75, 3.05) is 17.9 Å². The highest BCUT2D eigenvalue weighted by Gasteiger charge is 2.23. The maximum Gasteiger partial charge on any atom is 0.264 e. The average Bonchev–Trinajstić information content (AvgIpc) is 2.59. The van der Waals surface area contributed by atoms with Crippen LogP contribution in [0.4, 0.5) is 10.1 Å². The van der Waals surface area contributed by atoms with E-state index in [1.807, 2.05) is 0 Å². The van der Waals surface area contributed by atoms with Crippen LogP contribution in [0.2, 0.25) is 5.02 Å². The first-order valence-corrected chi connectivity index (χ1v) is 9.89. The Labute approximate surface area is 164 Å². The molecule has 0 spiro atoms. The van der Waals surface area contributed by atoms with Gasteiger partial charge in [0.15, 0.2) is 0 Å². The SMILES string of the molecule is C=C(Br)CNC(=O)c1cc(S(=O)(=O)N(C)c2ccc(F)cc2)ccc1Cl. The maximum atomic E-state index is 13.0. The molecule has 0 aliphatic rings. The third-order valence-electron chi connectivity index (χ3n) is 3.47. The van der Waals surface area contributed by atoms with E-state index in [4.69, 9.17) is 11.6 Å². The predicted molar refractivity (Wildman–Crippen MR) is 104 cm³/mol. The molecule has 0 aliphatic carbocycles. The standard InChI is InChI=1S/C17H15BrClFN2O3S/c1-11(18)10-21-17(23)15-9-14(7-8-16(15)19)26(24,25)22(2)13-5-3-12(20)4-6-13/h3-9H,1,10H2,2H3,(H,21,23). The third-order valence-corrected chi connectivity index (χ3v) is 5.86. The van der Waals surface area contributed by atoms with E-state index in [2.05, 4.69) is 27.8 Å². The van der Waals surface area contributed by atoms with E-state index in [-0.39, 0.29) is 27.7 Å². The summed E-state index contributed by atoms with van der Waals surface area (Å²) in [7, 11) is -2.62. The highest BCUT2D eigenvalue weighted by molar-refractivity contribution is 9.11. The van der Waals surface area contributed by atoms with Crippen molar-refractivity contribution >= 4 is 49.1 Å². The number of carbonyl (C=O) groups excluding carboxylic acids is 1. The zero-order chi connectivity index (χ0) is 19.5. The minimum absolute atomic E-state index is 0.0222. The van der Waals surface area contributed by atoms with E-state index in [0.717, 1.165) is 16.4 Å². The summed E-state index contributed by atoms with van der Waals surface area (Å²) in [6.45, 7) is 3.77. The van der Waals surface area contributed by atoms with Crippen LogP contribution in [0.1, 0.15) is 10.4 Å². The number of hydrogen-bond donors (Lipinski definition) is 1. The lowest BCUT2D eigenvalue weighted by Gasteiger charge is -2.20. The molecular formula is C17H15BrClFN2O3S. The molecule has 26 heavy (non-hydrogen) atoms. The molecule has 2 rings (SSSR count). The van der Waals surface area contributed by atoms with Crippen molar-refractivity contribution in [3.05, 3.63) is 69.9 Å². The van der Waals surface area contributed by atoms with Crippen LogP contribution < -0.4 is 9.62 Å². The molecule has 0 unspecified atom stereocenters. The molecule has 0 atom stereocenters. The zero-order valence-corrected chi connectivity index (χ0v) is 16.8. The summed E-state index contributed by atoms with van der Waals surface area (Å²) >= 11 is 9.14. The molecule has 0 radical (unpaired) electrons. The number of nitrogens with zero attached hydrogens (tertiary/aromatic N) is 1. The van der Waals surface area contributed by atoms with Gasteiger partial charge in [-0.15, -0.1) is 0 Å². The molecule has 0 fully saturated rings. The lowest BCUT2D eigenvalue weighted by Crippen LogP contribution is -2.28. The smallest absolute Gasteiger partial charge is 0.264 e. The lowest BCUT2D eigenvalue weighted by atomic mass is 10.2. The first kappa shape index (κ1) is 20.4. The first-order valence-electron chi connectivity index (χ1n) is 7.28. The fraction of sp³-hybridized carbons (Fsp3) is 0.118. The van der Waals surface area contributed by atoms with Crippen LogP contribution >= 0.6 is 27.5 Å². The lowest BCUT2D eigenvalue weighted by molar-refractivity contribution is 0.0957. The van der Waals surface area contributed by atoms with Crippen LogP contribution in [-0.2, 0) is 10.0 Å². The summed E-state index contributed by atoms with van der Waals surface area (Å²) in [6.07, 6.45) is 0. The molecule has 0 saturated heterocycles. The monoisotopic (exact) mass is 460 g/mol. The van der Waals surface area contributed by atoms with Gasteiger partial charge in [0.05, 0.1) is 21.2 Å².